The first kappa shape index (κ1) is 12.3. The molecular formula is C14H13N3O3. The summed E-state index contributed by atoms with van der Waals surface area (Å²) in [5, 5.41) is 7.25. The van der Waals surface area contributed by atoms with Gasteiger partial charge in [0.05, 0.1) is 12.7 Å². The maximum atomic E-state index is 12.2. The molecule has 0 aliphatic carbocycles. The van der Waals surface area contributed by atoms with E-state index in [1.807, 2.05) is 18.2 Å². The van der Waals surface area contributed by atoms with Gasteiger partial charge in [-0.1, -0.05) is 5.16 Å². The van der Waals surface area contributed by atoms with Crippen molar-refractivity contribution in [1.29, 1.82) is 0 Å². The van der Waals surface area contributed by atoms with E-state index in [1.54, 1.807) is 26.3 Å². The van der Waals surface area contributed by atoms with Gasteiger partial charge in [-0.2, -0.15) is 0 Å². The SMILES string of the molecule is COc1ccc2c(C(=O)Nc3cc(C)on3)c[nH]c2c1. The van der Waals surface area contributed by atoms with Crippen LogP contribution in [0, 0.1) is 6.92 Å². The average Bonchev–Trinajstić information content (AvgIpc) is 3.04. The number of carbonyl (C=O) groups is 1. The highest BCUT2D eigenvalue weighted by atomic mass is 16.5. The second-order valence-corrected chi connectivity index (χ2v) is 4.39. The highest BCUT2D eigenvalue weighted by Gasteiger charge is 2.14. The largest absolute Gasteiger partial charge is 0.497 e. The quantitative estimate of drug-likeness (QED) is 0.767. The van der Waals surface area contributed by atoms with Gasteiger partial charge in [0.15, 0.2) is 5.82 Å². The van der Waals surface area contributed by atoms with Crippen LogP contribution in [0.3, 0.4) is 0 Å². The Hall–Kier alpha value is -2.76. The van der Waals surface area contributed by atoms with Crippen LogP contribution in [0.5, 0.6) is 5.75 Å². The number of H-pyrrole nitrogens is 1. The molecule has 6 nitrogen and oxygen atoms in total. The van der Waals surface area contributed by atoms with E-state index in [4.69, 9.17) is 9.26 Å². The van der Waals surface area contributed by atoms with E-state index in [1.165, 1.54) is 0 Å². The van der Waals surface area contributed by atoms with E-state index in [9.17, 15) is 4.79 Å². The monoisotopic (exact) mass is 271 g/mol. The molecule has 3 aromatic rings. The number of ether oxygens (including phenoxy) is 1. The van der Waals surface area contributed by atoms with Crippen LogP contribution in [-0.4, -0.2) is 23.2 Å². The molecule has 0 atom stereocenters. The van der Waals surface area contributed by atoms with Gasteiger partial charge < -0.3 is 19.6 Å². The van der Waals surface area contributed by atoms with Gasteiger partial charge in [0, 0.05) is 29.2 Å². The number of fused-ring (bicyclic) bond motifs is 1. The molecule has 2 aromatic heterocycles. The molecule has 102 valence electrons. The molecule has 0 unspecified atom stereocenters. The number of carbonyl (C=O) groups excluding carboxylic acids is 1. The molecule has 0 aliphatic rings. The summed E-state index contributed by atoms with van der Waals surface area (Å²) in [4.78, 5) is 15.3. The molecule has 0 spiro atoms. The maximum absolute atomic E-state index is 12.2. The number of nitrogens with zero attached hydrogens (tertiary/aromatic N) is 1. The van der Waals surface area contributed by atoms with E-state index >= 15 is 0 Å². The van der Waals surface area contributed by atoms with Crippen LogP contribution in [0.2, 0.25) is 0 Å². The number of nitrogens with one attached hydrogen (secondary N) is 2. The number of anilines is 1. The Morgan fingerprint density at radius 3 is 2.95 bits per heavy atom. The number of methoxy groups -OCH3 is 1. The minimum absolute atomic E-state index is 0.241. The van der Waals surface area contributed by atoms with Crippen LogP contribution in [0.1, 0.15) is 16.1 Å². The van der Waals surface area contributed by atoms with E-state index < -0.39 is 0 Å². The molecule has 0 aliphatic heterocycles. The summed E-state index contributed by atoms with van der Waals surface area (Å²) in [6.07, 6.45) is 1.66. The predicted octanol–water partition coefficient (Wildman–Crippen LogP) is 2.73. The number of hydrogen-bond donors (Lipinski definition) is 2. The van der Waals surface area contributed by atoms with Gasteiger partial charge in [0.1, 0.15) is 11.5 Å². The van der Waals surface area contributed by atoms with Crippen LogP contribution < -0.4 is 10.1 Å². The fourth-order valence-electron chi connectivity index (χ4n) is 2.03. The number of benzene rings is 1. The van der Waals surface area contributed by atoms with Crippen molar-refractivity contribution in [3.05, 3.63) is 41.8 Å². The van der Waals surface area contributed by atoms with Gasteiger partial charge in [-0.3, -0.25) is 4.79 Å². The first-order chi connectivity index (χ1) is 9.67. The third-order valence-corrected chi connectivity index (χ3v) is 3.00. The number of aromatic amines is 1. The standard InChI is InChI=1S/C14H13N3O3/c1-8-5-13(17-20-8)16-14(18)11-7-15-12-6-9(19-2)3-4-10(11)12/h3-7,15H,1-2H3,(H,16,17,18). The summed E-state index contributed by atoms with van der Waals surface area (Å²) >= 11 is 0. The van der Waals surface area contributed by atoms with Crippen molar-refractivity contribution in [2.45, 2.75) is 6.92 Å². The van der Waals surface area contributed by atoms with Crippen LogP contribution in [-0.2, 0) is 0 Å². The highest BCUT2D eigenvalue weighted by molar-refractivity contribution is 6.12. The molecule has 1 amide bonds. The van der Waals surface area contributed by atoms with Crippen LogP contribution in [0.25, 0.3) is 10.9 Å². The fourth-order valence-corrected chi connectivity index (χ4v) is 2.03. The molecule has 0 saturated heterocycles. The van der Waals surface area contributed by atoms with Gasteiger partial charge in [-0.25, -0.2) is 0 Å². The Bertz CT molecular complexity index is 773. The number of aromatic nitrogens is 2. The zero-order valence-electron chi connectivity index (χ0n) is 11.1. The minimum Gasteiger partial charge on any atom is -0.497 e. The fraction of sp³-hybridized carbons (Fsp3) is 0.143. The Kier molecular flexibility index (Phi) is 2.90. The van der Waals surface area contributed by atoms with Crippen LogP contribution >= 0.6 is 0 Å². The van der Waals surface area contributed by atoms with Gasteiger partial charge in [0.2, 0.25) is 0 Å². The summed E-state index contributed by atoms with van der Waals surface area (Å²) in [6.45, 7) is 1.76. The Morgan fingerprint density at radius 2 is 2.25 bits per heavy atom. The molecule has 0 fully saturated rings. The molecular weight excluding hydrogens is 258 g/mol. The van der Waals surface area contributed by atoms with Crippen molar-refractivity contribution < 1.29 is 14.1 Å². The zero-order valence-corrected chi connectivity index (χ0v) is 11.1. The van der Waals surface area contributed by atoms with Crippen molar-refractivity contribution >= 4 is 22.6 Å². The third-order valence-electron chi connectivity index (χ3n) is 3.00. The first-order valence-electron chi connectivity index (χ1n) is 6.07. The molecule has 0 bridgehead atoms. The summed E-state index contributed by atoms with van der Waals surface area (Å²) in [6, 6.07) is 7.16. The summed E-state index contributed by atoms with van der Waals surface area (Å²) in [5.41, 5.74) is 1.38. The van der Waals surface area contributed by atoms with Crippen molar-refractivity contribution in [2.75, 3.05) is 12.4 Å². The molecule has 1 aromatic carbocycles. The Balaban J connectivity index is 1.91. The summed E-state index contributed by atoms with van der Waals surface area (Å²) in [5.74, 6) is 1.53. The van der Waals surface area contributed by atoms with E-state index in [-0.39, 0.29) is 5.91 Å². The van der Waals surface area contributed by atoms with Gasteiger partial charge >= 0.3 is 0 Å². The molecule has 3 rings (SSSR count). The van der Waals surface area contributed by atoms with E-state index in [0.717, 1.165) is 16.7 Å². The van der Waals surface area contributed by atoms with Crippen molar-refractivity contribution in [3.63, 3.8) is 0 Å². The molecule has 2 N–H and O–H groups in total. The van der Waals surface area contributed by atoms with E-state index in [0.29, 0.717) is 17.1 Å². The lowest BCUT2D eigenvalue weighted by Crippen LogP contribution is -2.11. The molecule has 20 heavy (non-hydrogen) atoms. The van der Waals surface area contributed by atoms with Crippen LogP contribution in [0.4, 0.5) is 5.82 Å². The van der Waals surface area contributed by atoms with Gasteiger partial charge in [-0.15, -0.1) is 0 Å². The molecule has 0 saturated carbocycles. The first-order valence-corrected chi connectivity index (χ1v) is 6.07. The van der Waals surface area contributed by atoms with Gasteiger partial charge in [-0.05, 0) is 19.1 Å². The highest BCUT2D eigenvalue weighted by Crippen LogP contribution is 2.23. The number of hydrogen-bond acceptors (Lipinski definition) is 4. The number of amides is 1. The number of aryl methyl sites for hydroxylation is 1. The number of rotatable bonds is 3. The second kappa shape index (κ2) is 4.73. The molecule has 6 heteroatoms. The molecule has 2 heterocycles. The minimum atomic E-state index is -0.241. The maximum Gasteiger partial charge on any atom is 0.259 e. The molecule has 0 radical (unpaired) electrons. The lowest BCUT2D eigenvalue weighted by atomic mass is 10.1. The smallest absolute Gasteiger partial charge is 0.259 e. The van der Waals surface area contributed by atoms with Gasteiger partial charge in [0.25, 0.3) is 5.91 Å². The zero-order chi connectivity index (χ0) is 14.1. The van der Waals surface area contributed by atoms with Crippen molar-refractivity contribution in [2.24, 2.45) is 0 Å². The van der Waals surface area contributed by atoms with Crippen LogP contribution in [0.15, 0.2) is 35.0 Å². The summed E-state index contributed by atoms with van der Waals surface area (Å²) in [7, 11) is 1.60. The predicted molar refractivity (Wildman–Crippen MR) is 74.0 cm³/mol. The topological polar surface area (TPSA) is 80.2 Å². The second-order valence-electron chi connectivity index (χ2n) is 4.39. The normalized spacial score (nSPS) is 10.7. The Morgan fingerprint density at radius 1 is 1.40 bits per heavy atom. The van der Waals surface area contributed by atoms with E-state index in [2.05, 4.69) is 15.5 Å². The Labute approximate surface area is 114 Å². The van der Waals surface area contributed by atoms with Crippen molar-refractivity contribution in [3.8, 4) is 5.75 Å². The third kappa shape index (κ3) is 2.11. The average molecular weight is 271 g/mol. The lowest BCUT2D eigenvalue weighted by molar-refractivity contribution is 0.102. The lowest BCUT2D eigenvalue weighted by Gasteiger charge is -2.01. The van der Waals surface area contributed by atoms with Crippen molar-refractivity contribution in [1.82, 2.24) is 10.1 Å². The summed E-state index contributed by atoms with van der Waals surface area (Å²) < 4.78 is 10.1.